The molecule has 7 nitrogen and oxygen atoms in total. The van der Waals surface area contributed by atoms with Crippen LogP contribution in [0.25, 0.3) is 11.0 Å². The van der Waals surface area contributed by atoms with Crippen molar-refractivity contribution in [2.75, 3.05) is 6.54 Å². The van der Waals surface area contributed by atoms with Gasteiger partial charge in [0.25, 0.3) is 11.5 Å². The first-order valence-electron chi connectivity index (χ1n) is 9.21. The molecule has 0 bridgehead atoms. The van der Waals surface area contributed by atoms with E-state index in [-0.39, 0.29) is 16.5 Å². The van der Waals surface area contributed by atoms with Crippen molar-refractivity contribution in [3.63, 3.8) is 0 Å². The van der Waals surface area contributed by atoms with Crippen LogP contribution in [-0.2, 0) is 13.1 Å². The van der Waals surface area contributed by atoms with Crippen molar-refractivity contribution >= 4 is 40.1 Å². The Balaban J connectivity index is 1.45. The van der Waals surface area contributed by atoms with Crippen LogP contribution in [0, 0.1) is 0 Å². The number of nitrogens with zero attached hydrogens (tertiary/aromatic N) is 4. The van der Waals surface area contributed by atoms with Gasteiger partial charge in [-0.15, -0.1) is 0 Å². The SMILES string of the molecule is O=C(NCCn1ncc2c(=O)n(Cc3ccccc3)cnc21)c1ccc(Cl)cc1Cl. The second-order valence-electron chi connectivity index (χ2n) is 6.65. The molecule has 0 fully saturated rings. The van der Waals surface area contributed by atoms with Crippen molar-refractivity contribution in [3.8, 4) is 0 Å². The van der Waals surface area contributed by atoms with Crippen LogP contribution in [0.4, 0.5) is 0 Å². The van der Waals surface area contributed by atoms with E-state index in [4.69, 9.17) is 23.2 Å². The van der Waals surface area contributed by atoms with Crippen molar-refractivity contribution in [2.45, 2.75) is 13.1 Å². The van der Waals surface area contributed by atoms with Gasteiger partial charge in [-0.3, -0.25) is 14.2 Å². The predicted octanol–water partition coefficient (Wildman–Crippen LogP) is 3.38. The van der Waals surface area contributed by atoms with Crippen molar-refractivity contribution in [3.05, 3.63) is 92.6 Å². The Kier molecular flexibility index (Phi) is 5.83. The zero-order valence-corrected chi connectivity index (χ0v) is 17.3. The molecule has 0 aliphatic heterocycles. The van der Waals surface area contributed by atoms with Gasteiger partial charge in [-0.1, -0.05) is 53.5 Å². The number of carbonyl (C=O) groups excluding carboxylic acids is 1. The van der Waals surface area contributed by atoms with E-state index in [9.17, 15) is 9.59 Å². The topological polar surface area (TPSA) is 81.8 Å². The Morgan fingerprint density at radius 2 is 1.90 bits per heavy atom. The lowest BCUT2D eigenvalue weighted by atomic mass is 10.2. The van der Waals surface area contributed by atoms with Crippen LogP contribution < -0.4 is 10.9 Å². The molecule has 1 N–H and O–H groups in total. The minimum atomic E-state index is -0.314. The molecule has 0 radical (unpaired) electrons. The summed E-state index contributed by atoms with van der Waals surface area (Å²) in [5.41, 5.74) is 1.67. The second kappa shape index (κ2) is 8.69. The van der Waals surface area contributed by atoms with Gasteiger partial charge >= 0.3 is 0 Å². The highest BCUT2D eigenvalue weighted by atomic mass is 35.5. The van der Waals surface area contributed by atoms with Crippen LogP contribution in [0.3, 0.4) is 0 Å². The summed E-state index contributed by atoms with van der Waals surface area (Å²) in [5.74, 6) is -0.314. The number of hydrogen-bond donors (Lipinski definition) is 1. The maximum absolute atomic E-state index is 12.8. The predicted molar refractivity (Wildman–Crippen MR) is 116 cm³/mol. The number of hydrogen-bond acceptors (Lipinski definition) is 4. The molecular weight excluding hydrogens is 425 g/mol. The Morgan fingerprint density at radius 1 is 1.10 bits per heavy atom. The first-order valence-corrected chi connectivity index (χ1v) is 9.96. The standard InChI is InChI=1S/C21H17Cl2N5O2/c22-15-6-7-16(18(23)10-15)20(29)24-8-9-28-19-17(11-26-28)21(30)27(13-25-19)12-14-4-2-1-3-5-14/h1-7,10-11,13H,8-9,12H2,(H,24,29). The van der Waals surface area contributed by atoms with Gasteiger partial charge in [0.15, 0.2) is 5.65 Å². The zero-order valence-electron chi connectivity index (χ0n) is 15.8. The van der Waals surface area contributed by atoms with E-state index >= 15 is 0 Å². The normalized spacial score (nSPS) is 11.0. The number of fused-ring (bicyclic) bond motifs is 1. The summed E-state index contributed by atoms with van der Waals surface area (Å²) in [6.07, 6.45) is 3.02. The molecule has 152 valence electrons. The monoisotopic (exact) mass is 441 g/mol. The lowest BCUT2D eigenvalue weighted by Crippen LogP contribution is -2.28. The largest absolute Gasteiger partial charge is 0.350 e. The summed E-state index contributed by atoms with van der Waals surface area (Å²) in [5, 5.41) is 8.21. The van der Waals surface area contributed by atoms with E-state index in [1.807, 2.05) is 30.3 Å². The van der Waals surface area contributed by atoms with Crippen molar-refractivity contribution in [1.82, 2.24) is 24.6 Å². The second-order valence-corrected chi connectivity index (χ2v) is 7.49. The number of benzene rings is 2. The highest BCUT2D eigenvalue weighted by Gasteiger charge is 2.13. The molecule has 1 amide bonds. The number of rotatable bonds is 6. The quantitative estimate of drug-likeness (QED) is 0.497. The number of carbonyl (C=O) groups is 1. The maximum atomic E-state index is 12.8. The fourth-order valence-corrected chi connectivity index (χ4v) is 3.59. The lowest BCUT2D eigenvalue weighted by molar-refractivity contribution is 0.0952. The number of halogens is 2. The van der Waals surface area contributed by atoms with Gasteiger partial charge in [0.2, 0.25) is 0 Å². The molecule has 2 heterocycles. The molecule has 0 spiro atoms. The summed E-state index contributed by atoms with van der Waals surface area (Å²) in [7, 11) is 0. The Morgan fingerprint density at radius 3 is 2.67 bits per heavy atom. The van der Waals surface area contributed by atoms with Crippen LogP contribution in [0.5, 0.6) is 0 Å². The smallest absolute Gasteiger partial charge is 0.264 e. The number of aromatic nitrogens is 4. The zero-order chi connectivity index (χ0) is 21.1. The molecule has 2 aromatic carbocycles. The fraction of sp³-hybridized carbons (Fsp3) is 0.143. The minimum Gasteiger partial charge on any atom is -0.350 e. The first-order chi connectivity index (χ1) is 14.5. The third-order valence-electron chi connectivity index (χ3n) is 4.60. The average Bonchev–Trinajstić information content (AvgIpc) is 3.14. The van der Waals surface area contributed by atoms with Gasteiger partial charge in [-0.05, 0) is 23.8 Å². The first kappa shape index (κ1) is 20.1. The molecule has 4 rings (SSSR count). The van der Waals surface area contributed by atoms with Crippen molar-refractivity contribution in [2.24, 2.45) is 0 Å². The number of nitrogens with one attached hydrogen (secondary N) is 1. The molecule has 2 aromatic heterocycles. The molecule has 0 atom stereocenters. The van der Waals surface area contributed by atoms with Crippen LogP contribution in [0.15, 0.2) is 65.8 Å². The highest BCUT2D eigenvalue weighted by molar-refractivity contribution is 6.36. The highest BCUT2D eigenvalue weighted by Crippen LogP contribution is 2.20. The molecule has 0 unspecified atom stereocenters. The van der Waals surface area contributed by atoms with Crippen LogP contribution in [0.1, 0.15) is 15.9 Å². The molecule has 9 heteroatoms. The molecule has 0 aliphatic carbocycles. The minimum absolute atomic E-state index is 0.160. The summed E-state index contributed by atoms with van der Waals surface area (Å²) in [6.45, 7) is 1.09. The van der Waals surface area contributed by atoms with Gasteiger partial charge in [-0.25, -0.2) is 9.67 Å². The molecule has 30 heavy (non-hydrogen) atoms. The summed E-state index contributed by atoms with van der Waals surface area (Å²) in [6, 6.07) is 14.4. The molecule has 0 saturated carbocycles. The van der Waals surface area contributed by atoms with E-state index in [1.54, 1.807) is 21.4 Å². The Hall–Kier alpha value is -3.16. The van der Waals surface area contributed by atoms with Gasteiger partial charge in [0.1, 0.15) is 11.7 Å². The summed E-state index contributed by atoms with van der Waals surface area (Å²) < 4.78 is 3.14. The van der Waals surface area contributed by atoms with E-state index in [2.05, 4.69) is 15.4 Å². The van der Waals surface area contributed by atoms with Gasteiger partial charge in [-0.2, -0.15) is 5.10 Å². The summed E-state index contributed by atoms with van der Waals surface area (Å²) in [4.78, 5) is 29.4. The molecule has 0 aliphatic rings. The molecule has 0 saturated heterocycles. The number of amides is 1. The third-order valence-corrected chi connectivity index (χ3v) is 5.15. The molecule has 4 aromatic rings. The third kappa shape index (κ3) is 4.22. The van der Waals surface area contributed by atoms with Crippen molar-refractivity contribution < 1.29 is 4.79 Å². The molecular formula is C21H17Cl2N5O2. The lowest BCUT2D eigenvalue weighted by Gasteiger charge is -2.08. The van der Waals surface area contributed by atoms with E-state index in [0.29, 0.717) is 41.3 Å². The van der Waals surface area contributed by atoms with Crippen LogP contribution in [0.2, 0.25) is 10.0 Å². The van der Waals surface area contributed by atoms with E-state index in [1.165, 1.54) is 18.6 Å². The van der Waals surface area contributed by atoms with Gasteiger partial charge in [0.05, 0.1) is 29.9 Å². The Bertz CT molecular complexity index is 1270. The van der Waals surface area contributed by atoms with Gasteiger partial charge < -0.3 is 5.32 Å². The van der Waals surface area contributed by atoms with Crippen LogP contribution in [-0.4, -0.2) is 31.8 Å². The van der Waals surface area contributed by atoms with Crippen molar-refractivity contribution in [1.29, 1.82) is 0 Å². The van der Waals surface area contributed by atoms with Gasteiger partial charge in [0, 0.05) is 11.6 Å². The van der Waals surface area contributed by atoms with Crippen LogP contribution >= 0.6 is 23.2 Å². The fourth-order valence-electron chi connectivity index (χ4n) is 3.10. The average molecular weight is 442 g/mol. The summed E-state index contributed by atoms with van der Waals surface area (Å²) >= 11 is 11.9. The van der Waals surface area contributed by atoms with E-state index < -0.39 is 0 Å². The maximum Gasteiger partial charge on any atom is 0.264 e. The Labute approximate surface area is 181 Å². The van der Waals surface area contributed by atoms with E-state index in [0.717, 1.165) is 5.56 Å².